The maximum absolute atomic E-state index is 12.0. The van der Waals surface area contributed by atoms with Gasteiger partial charge in [-0.2, -0.15) is 13.2 Å². The lowest BCUT2D eigenvalue weighted by Gasteiger charge is -2.19. The zero-order valence-electron chi connectivity index (χ0n) is 8.56. The third-order valence-electron chi connectivity index (χ3n) is 2.06. The first kappa shape index (κ1) is 14.6. The largest absolute Gasteiger partial charge is 0.401 e. The monoisotopic (exact) mass is 287 g/mol. The summed E-state index contributed by atoms with van der Waals surface area (Å²) < 4.78 is 36.1. The van der Waals surface area contributed by atoms with E-state index in [9.17, 15) is 13.2 Å². The van der Waals surface area contributed by atoms with Gasteiger partial charge in [0, 0.05) is 10.0 Å². The molecule has 0 fully saturated rings. The molecule has 1 unspecified atom stereocenters. The molecule has 0 spiro atoms. The maximum Gasteiger partial charge on any atom is 0.401 e. The van der Waals surface area contributed by atoms with Crippen molar-refractivity contribution in [1.82, 2.24) is 5.32 Å². The van der Waals surface area contributed by atoms with Crippen LogP contribution in [0.4, 0.5) is 13.2 Å². The minimum absolute atomic E-state index is 0.253. The molecule has 0 bridgehead atoms. The lowest BCUT2D eigenvalue weighted by atomic mass is 10.1. The molecule has 96 valence electrons. The number of halogens is 5. The van der Waals surface area contributed by atoms with Crippen molar-refractivity contribution in [3.8, 4) is 0 Å². The smallest absolute Gasteiger partial charge is 0.394 e. The number of hydrogen-bond acceptors (Lipinski definition) is 2. The Morgan fingerprint density at radius 2 is 1.94 bits per heavy atom. The molecule has 1 aromatic carbocycles. The van der Waals surface area contributed by atoms with Crippen LogP contribution < -0.4 is 5.32 Å². The van der Waals surface area contributed by atoms with Gasteiger partial charge in [0.2, 0.25) is 0 Å². The standard InChI is InChI=1S/C10H10Cl2F3NO/c11-6-1-2-8(12)7(3-6)9(4-17)16-5-10(13,14)15/h1-3,9,16-17H,4-5H2. The Balaban J connectivity index is 2.82. The molecule has 1 atom stereocenters. The first-order valence-corrected chi connectivity index (χ1v) is 5.45. The van der Waals surface area contributed by atoms with E-state index < -0.39 is 25.4 Å². The first-order chi connectivity index (χ1) is 7.83. The summed E-state index contributed by atoms with van der Waals surface area (Å²) in [7, 11) is 0. The van der Waals surface area contributed by atoms with Crippen molar-refractivity contribution >= 4 is 23.2 Å². The van der Waals surface area contributed by atoms with Crippen molar-refractivity contribution in [2.75, 3.05) is 13.2 Å². The van der Waals surface area contributed by atoms with E-state index in [0.717, 1.165) is 0 Å². The molecule has 0 radical (unpaired) electrons. The number of benzene rings is 1. The fraction of sp³-hybridized carbons (Fsp3) is 0.400. The number of aliphatic hydroxyl groups excluding tert-OH is 1. The van der Waals surface area contributed by atoms with Crippen molar-refractivity contribution in [3.05, 3.63) is 33.8 Å². The molecule has 2 N–H and O–H groups in total. The van der Waals surface area contributed by atoms with E-state index in [-0.39, 0.29) is 5.02 Å². The van der Waals surface area contributed by atoms with E-state index >= 15 is 0 Å². The van der Waals surface area contributed by atoms with Crippen LogP contribution in [-0.4, -0.2) is 24.4 Å². The molecule has 17 heavy (non-hydrogen) atoms. The highest BCUT2D eigenvalue weighted by Crippen LogP contribution is 2.27. The maximum atomic E-state index is 12.0. The van der Waals surface area contributed by atoms with Gasteiger partial charge in [-0.1, -0.05) is 23.2 Å². The third kappa shape index (κ3) is 4.71. The van der Waals surface area contributed by atoms with E-state index in [1.54, 1.807) is 0 Å². The molecular formula is C10H10Cl2F3NO. The Hall–Kier alpha value is -0.490. The lowest BCUT2D eigenvalue weighted by molar-refractivity contribution is -0.126. The summed E-state index contributed by atoms with van der Waals surface area (Å²) >= 11 is 11.5. The second kappa shape index (κ2) is 5.91. The van der Waals surface area contributed by atoms with Gasteiger partial charge in [0.25, 0.3) is 0 Å². The molecule has 0 saturated heterocycles. The van der Waals surface area contributed by atoms with Gasteiger partial charge in [0.05, 0.1) is 19.2 Å². The quantitative estimate of drug-likeness (QED) is 0.892. The van der Waals surface area contributed by atoms with E-state index in [2.05, 4.69) is 5.32 Å². The molecular weight excluding hydrogens is 278 g/mol. The minimum Gasteiger partial charge on any atom is -0.394 e. The SMILES string of the molecule is OCC(NCC(F)(F)F)c1cc(Cl)ccc1Cl. The van der Waals surface area contributed by atoms with Crippen LogP contribution in [0.1, 0.15) is 11.6 Å². The van der Waals surface area contributed by atoms with Gasteiger partial charge in [0.15, 0.2) is 0 Å². The van der Waals surface area contributed by atoms with E-state index in [1.807, 2.05) is 0 Å². The Morgan fingerprint density at radius 1 is 1.29 bits per heavy atom. The number of rotatable bonds is 4. The predicted octanol–water partition coefficient (Wildman–Crippen LogP) is 3.18. The second-order valence-corrected chi connectivity index (χ2v) is 4.24. The molecule has 1 rings (SSSR count). The number of aliphatic hydroxyl groups is 1. The Morgan fingerprint density at radius 3 is 2.47 bits per heavy atom. The first-order valence-electron chi connectivity index (χ1n) is 4.69. The normalized spacial score (nSPS) is 13.8. The highest BCUT2D eigenvalue weighted by atomic mass is 35.5. The summed E-state index contributed by atoms with van der Waals surface area (Å²) in [4.78, 5) is 0. The van der Waals surface area contributed by atoms with Gasteiger partial charge in [0.1, 0.15) is 0 Å². The van der Waals surface area contributed by atoms with Crippen molar-refractivity contribution in [1.29, 1.82) is 0 Å². The molecule has 0 amide bonds. The zero-order chi connectivity index (χ0) is 13.1. The van der Waals surface area contributed by atoms with Gasteiger partial charge in [-0.05, 0) is 23.8 Å². The third-order valence-corrected chi connectivity index (χ3v) is 2.64. The van der Waals surface area contributed by atoms with Crippen LogP contribution in [0.3, 0.4) is 0 Å². The van der Waals surface area contributed by atoms with Crippen molar-refractivity contribution in [3.63, 3.8) is 0 Å². The molecule has 0 aliphatic carbocycles. The fourth-order valence-electron chi connectivity index (χ4n) is 1.29. The lowest BCUT2D eigenvalue weighted by Crippen LogP contribution is -2.33. The number of alkyl halides is 3. The van der Waals surface area contributed by atoms with Crippen LogP contribution in [0.15, 0.2) is 18.2 Å². The van der Waals surface area contributed by atoms with Crippen molar-refractivity contribution in [2.24, 2.45) is 0 Å². The Kier molecular flexibility index (Phi) is 5.06. The minimum atomic E-state index is -4.35. The van der Waals surface area contributed by atoms with Crippen LogP contribution in [0, 0.1) is 0 Å². The van der Waals surface area contributed by atoms with Crippen LogP contribution in [-0.2, 0) is 0 Å². The Labute approximate surface area is 106 Å². The fourth-order valence-corrected chi connectivity index (χ4v) is 1.72. The highest BCUT2D eigenvalue weighted by molar-refractivity contribution is 6.33. The van der Waals surface area contributed by atoms with Gasteiger partial charge in [-0.15, -0.1) is 0 Å². The summed E-state index contributed by atoms with van der Waals surface area (Å²) in [6.45, 7) is -1.71. The van der Waals surface area contributed by atoms with Gasteiger partial charge < -0.3 is 5.11 Å². The topological polar surface area (TPSA) is 32.3 Å². The highest BCUT2D eigenvalue weighted by Gasteiger charge is 2.28. The van der Waals surface area contributed by atoms with Crippen LogP contribution >= 0.6 is 23.2 Å². The van der Waals surface area contributed by atoms with Crippen molar-refractivity contribution in [2.45, 2.75) is 12.2 Å². The van der Waals surface area contributed by atoms with Crippen LogP contribution in [0.25, 0.3) is 0 Å². The number of nitrogens with one attached hydrogen (secondary N) is 1. The molecule has 0 aromatic heterocycles. The molecule has 0 saturated carbocycles. The molecule has 0 aliphatic heterocycles. The average molecular weight is 288 g/mol. The second-order valence-electron chi connectivity index (χ2n) is 3.40. The summed E-state index contributed by atoms with van der Waals surface area (Å²) in [6, 6.07) is 3.51. The van der Waals surface area contributed by atoms with Gasteiger partial charge in [-0.25, -0.2) is 0 Å². The van der Waals surface area contributed by atoms with Crippen LogP contribution in [0.5, 0.6) is 0 Å². The Bertz CT molecular complexity index is 384. The molecule has 2 nitrogen and oxygen atoms in total. The summed E-state index contributed by atoms with van der Waals surface area (Å²) in [6.07, 6.45) is -4.35. The van der Waals surface area contributed by atoms with Crippen LogP contribution in [0.2, 0.25) is 10.0 Å². The van der Waals surface area contributed by atoms with Gasteiger partial charge >= 0.3 is 6.18 Å². The zero-order valence-corrected chi connectivity index (χ0v) is 10.1. The molecule has 1 aromatic rings. The molecule has 7 heteroatoms. The molecule has 0 aliphatic rings. The summed E-state index contributed by atoms with van der Waals surface area (Å²) in [5, 5.41) is 11.8. The van der Waals surface area contributed by atoms with E-state index in [4.69, 9.17) is 28.3 Å². The van der Waals surface area contributed by atoms with Crippen molar-refractivity contribution < 1.29 is 18.3 Å². The van der Waals surface area contributed by atoms with Gasteiger partial charge in [-0.3, -0.25) is 5.32 Å². The number of hydrogen-bond donors (Lipinski definition) is 2. The average Bonchev–Trinajstić information content (AvgIpc) is 2.22. The summed E-state index contributed by atoms with van der Waals surface area (Å²) in [5.74, 6) is 0. The van der Waals surface area contributed by atoms with E-state index in [0.29, 0.717) is 10.6 Å². The molecule has 0 heterocycles. The van der Waals surface area contributed by atoms with E-state index in [1.165, 1.54) is 18.2 Å². The predicted molar refractivity (Wildman–Crippen MR) is 60.3 cm³/mol. The summed E-state index contributed by atoms with van der Waals surface area (Å²) in [5.41, 5.74) is 0.339.